The van der Waals surface area contributed by atoms with Gasteiger partial charge < -0.3 is 10.1 Å². The van der Waals surface area contributed by atoms with E-state index in [-0.39, 0.29) is 12.1 Å². The van der Waals surface area contributed by atoms with Crippen molar-refractivity contribution < 1.29 is 31.3 Å². The topological polar surface area (TPSA) is 56.0 Å². The first kappa shape index (κ1) is 13.2. The highest BCUT2D eigenvalue weighted by Crippen LogP contribution is 2.35. The van der Waals surface area contributed by atoms with Gasteiger partial charge in [-0.1, -0.05) is 0 Å². The molecule has 0 unspecified atom stereocenters. The van der Waals surface area contributed by atoms with Crippen molar-refractivity contribution in [1.82, 2.24) is 4.98 Å². The van der Waals surface area contributed by atoms with Gasteiger partial charge >= 0.3 is 18.2 Å². The fraction of sp³-hybridized carbons (Fsp3) is 0.286. The average Bonchev–Trinajstić information content (AvgIpc) is 2.14. The highest BCUT2D eigenvalue weighted by Gasteiger charge is 2.42. The van der Waals surface area contributed by atoms with E-state index in [0.717, 1.165) is 0 Å². The van der Waals surface area contributed by atoms with Crippen LogP contribution in [0.5, 0.6) is 0 Å². The Bertz CT molecular complexity index is 420. The molecule has 0 aliphatic heterocycles. The maximum absolute atomic E-state index is 12.2. The molecule has 1 aromatic heterocycles. The van der Waals surface area contributed by atoms with Crippen LogP contribution in [0.1, 0.15) is 11.3 Å². The zero-order valence-electron chi connectivity index (χ0n) is 7.63. The third-order valence-corrected chi connectivity index (χ3v) is 1.62. The molecule has 0 N–H and O–H groups in total. The van der Waals surface area contributed by atoms with E-state index in [0.29, 0.717) is 0 Å². The van der Waals surface area contributed by atoms with Crippen molar-refractivity contribution in [2.24, 2.45) is 0 Å². The SMILES string of the molecule is O=[N+]([O-])c1cc(C(F)(F)F)cc(C(F)(F)F)n1. The number of hydrogen-bond acceptors (Lipinski definition) is 3. The summed E-state index contributed by atoms with van der Waals surface area (Å²) in [4.78, 5) is 11.2. The summed E-state index contributed by atoms with van der Waals surface area (Å²) in [6.07, 6.45) is -10.3. The average molecular weight is 260 g/mol. The van der Waals surface area contributed by atoms with Crippen molar-refractivity contribution in [3.63, 3.8) is 0 Å². The maximum Gasteiger partial charge on any atom is 0.458 e. The van der Waals surface area contributed by atoms with Crippen molar-refractivity contribution in [3.8, 4) is 0 Å². The Morgan fingerprint density at radius 1 is 1.06 bits per heavy atom. The van der Waals surface area contributed by atoms with Gasteiger partial charge in [0.05, 0.1) is 5.56 Å². The molecule has 0 aliphatic rings. The van der Waals surface area contributed by atoms with E-state index in [1.54, 1.807) is 0 Å². The van der Waals surface area contributed by atoms with Crippen molar-refractivity contribution in [3.05, 3.63) is 33.5 Å². The third kappa shape index (κ3) is 3.04. The Morgan fingerprint density at radius 3 is 1.94 bits per heavy atom. The van der Waals surface area contributed by atoms with Crippen LogP contribution in [0.3, 0.4) is 0 Å². The Hall–Kier alpha value is -1.87. The van der Waals surface area contributed by atoms with E-state index in [1.165, 1.54) is 0 Å². The Morgan fingerprint density at radius 2 is 1.59 bits per heavy atom. The number of aromatic nitrogens is 1. The van der Waals surface area contributed by atoms with Crippen LogP contribution in [0, 0.1) is 10.1 Å². The normalized spacial score (nSPS) is 12.6. The molecule has 1 aromatic rings. The number of nitro groups is 1. The van der Waals surface area contributed by atoms with E-state index >= 15 is 0 Å². The molecular weight excluding hydrogens is 258 g/mol. The molecule has 0 radical (unpaired) electrons. The van der Waals surface area contributed by atoms with Gasteiger partial charge in [-0.3, -0.25) is 0 Å². The first-order chi connectivity index (χ1) is 7.51. The molecule has 4 nitrogen and oxygen atoms in total. The number of halogens is 6. The van der Waals surface area contributed by atoms with Gasteiger partial charge in [0, 0.05) is 12.1 Å². The van der Waals surface area contributed by atoms with E-state index in [9.17, 15) is 36.5 Å². The maximum atomic E-state index is 12.2. The molecule has 0 aromatic carbocycles. The molecule has 1 heterocycles. The zero-order chi connectivity index (χ0) is 13.4. The quantitative estimate of drug-likeness (QED) is 0.443. The second-order valence-corrected chi connectivity index (χ2v) is 2.85. The second kappa shape index (κ2) is 3.86. The number of nitrogens with zero attached hydrogens (tertiary/aromatic N) is 2. The van der Waals surface area contributed by atoms with Gasteiger partial charge in [0.15, 0.2) is 0 Å². The molecule has 0 saturated heterocycles. The first-order valence-electron chi connectivity index (χ1n) is 3.82. The molecule has 0 fully saturated rings. The molecule has 1 rings (SSSR count). The van der Waals surface area contributed by atoms with Crippen LogP contribution in [0.4, 0.5) is 32.2 Å². The lowest BCUT2D eigenvalue weighted by molar-refractivity contribution is -0.390. The van der Waals surface area contributed by atoms with Gasteiger partial charge in [0.2, 0.25) is 0 Å². The molecule has 0 spiro atoms. The minimum absolute atomic E-state index is 0.0603. The van der Waals surface area contributed by atoms with Crippen LogP contribution in [0.15, 0.2) is 12.1 Å². The summed E-state index contributed by atoms with van der Waals surface area (Å²) in [5.41, 5.74) is -3.73. The lowest BCUT2D eigenvalue weighted by Gasteiger charge is -2.08. The molecule has 0 amide bonds. The van der Waals surface area contributed by atoms with E-state index in [2.05, 4.69) is 4.98 Å². The summed E-state index contributed by atoms with van der Waals surface area (Å²) in [5.74, 6) is -1.51. The fourth-order valence-corrected chi connectivity index (χ4v) is 0.918. The summed E-state index contributed by atoms with van der Waals surface area (Å²) < 4.78 is 73.0. The molecule has 94 valence electrons. The van der Waals surface area contributed by atoms with Crippen LogP contribution in [0.25, 0.3) is 0 Å². The van der Waals surface area contributed by atoms with Gasteiger partial charge in [0.1, 0.15) is 0 Å². The minimum Gasteiger partial charge on any atom is -0.358 e. The smallest absolute Gasteiger partial charge is 0.358 e. The van der Waals surface area contributed by atoms with Gasteiger partial charge in [-0.05, 0) is 9.91 Å². The summed E-state index contributed by atoms with van der Waals surface area (Å²) >= 11 is 0. The zero-order valence-corrected chi connectivity index (χ0v) is 7.63. The van der Waals surface area contributed by atoms with Crippen LogP contribution < -0.4 is 0 Å². The molecule has 0 aliphatic carbocycles. The monoisotopic (exact) mass is 260 g/mol. The number of hydrogen-bond donors (Lipinski definition) is 0. The van der Waals surface area contributed by atoms with Gasteiger partial charge in [-0.25, -0.2) is 0 Å². The van der Waals surface area contributed by atoms with Gasteiger partial charge in [-0.15, -0.1) is 0 Å². The molecule has 0 bridgehead atoms. The highest BCUT2D eigenvalue weighted by molar-refractivity contribution is 5.32. The highest BCUT2D eigenvalue weighted by atomic mass is 19.4. The van der Waals surface area contributed by atoms with Crippen LogP contribution in [-0.4, -0.2) is 9.91 Å². The predicted molar refractivity (Wildman–Crippen MR) is 40.9 cm³/mol. The number of rotatable bonds is 1. The van der Waals surface area contributed by atoms with Crippen LogP contribution in [-0.2, 0) is 12.4 Å². The van der Waals surface area contributed by atoms with Crippen molar-refractivity contribution in [2.75, 3.05) is 0 Å². The first-order valence-corrected chi connectivity index (χ1v) is 3.82. The van der Waals surface area contributed by atoms with Crippen molar-refractivity contribution in [1.29, 1.82) is 0 Å². The molecule has 0 saturated carbocycles. The lowest BCUT2D eigenvalue weighted by Crippen LogP contribution is -2.14. The van der Waals surface area contributed by atoms with E-state index < -0.39 is 34.4 Å². The standard InChI is InChI=1S/C7H2F6N2O2/c8-6(9,10)3-1-4(7(11,12)13)14-5(2-3)15(16)17/h1-2H. The van der Waals surface area contributed by atoms with Crippen LogP contribution >= 0.6 is 0 Å². The number of pyridine rings is 1. The van der Waals surface area contributed by atoms with Gasteiger partial charge in [0.25, 0.3) is 5.69 Å². The minimum atomic E-state index is -5.19. The van der Waals surface area contributed by atoms with Crippen molar-refractivity contribution >= 4 is 5.82 Å². The largest absolute Gasteiger partial charge is 0.458 e. The third-order valence-electron chi connectivity index (χ3n) is 1.62. The summed E-state index contributed by atoms with van der Waals surface area (Å²) in [6.45, 7) is 0. The molecule has 10 heteroatoms. The summed E-state index contributed by atoms with van der Waals surface area (Å²) in [6, 6.07) is -0.345. The summed E-state index contributed by atoms with van der Waals surface area (Å²) in [5, 5.41) is 10.2. The number of alkyl halides is 6. The lowest BCUT2D eigenvalue weighted by atomic mass is 10.2. The Balaban J connectivity index is 3.45. The van der Waals surface area contributed by atoms with Crippen LogP contribution in [0.2, 0.25) is 0 Å². The van der Waals surface area contributed by atoms with Gasteiger partial charge in [-0.2, -0.15) is 26.3 Å². The fourth-order valence-electron chi connectivity index (χ4n) is 0.918. The molecule has 17 heavy (non-hydrogen) atoms. The molecular formula is C7H2F6N2O2. The second-order valence-electron chi connectivity index (χ2n) is 2.85. The van der Waals surface area contributed by atoms with Crippen molar-refractivity contribution in [2.45, 2.75) is 12.4 Å². The van der Waals surface area contributed by atoms with E-state index in [1.807, 2.05) is 0 Å². The molecule has 0 atom stereocenters. The summed E-state index contributed by atoms with van der Waals surface area (Å²) in [7, 11) is 0. The Kier molecular flexibility index (Phi) is 2.99. The Labute approximate surface area is 89.0 Å². The predicted octanol–water partition coefficient (Wildman–Crippen LogP) is 3.03. The van der Waals surface area contributed by atoms with E-state index in [4.69, 9.17) is 0 Å².